The van der Waals surface area contributed by atoms with E-state index in [4.69, 9.17) is 5.11 Å². The molecule has 1 heterocycles. The molecule has 110 valence electrons. The predicted molar refractivity (Wildman–Crippen MR) is 78.2 cm³/mol. The van der Waals surface area contributed by atoms with Crippen molar-refractivity contribution in [1.29, 1.82) is 0 Å². The minimum Gasteiger partial charge on any atom is -0.394 e. The van der Waals surface area contributed by atoms with Crippen LogP contribution in [0.2, 0.25) is 0 Å². The third-order valence-corrected chi connectivity index (χ3v) is 3.69. The summed E-state index contributed by atoms with van der Waals surface area (Å²) in [5.74, 6) is 0.0827. The highest BCUT2D eigenvalue weighted by atomic mass is 16.3. The summed E-state index contributed by atoms with van der Waals surface area (Å²) in [6, 6.07) is 7.68. The molecule has 0 bridgehead atoms. The zero-order chi connectivity index (χ0) is 14.5. The fourth-order valence-corrected chi connectivity index (χ4v) is 2.45. The summed E-state index contributed by atoms with van der Waals surface area (Å²) in [6.45, 7) is 5.41. The van der Waals surface area contributed by atoms with E-state index >= 15 is 0 Å². The molecule has 1 saturated heterocycles. The van der Waals surface area contributed by atoms with E-state index < -0.39 is 6.10 Å². The van der Waals surface area contributed by atoms with Crippen molar-refractivity contribution in [2.24, 2.45) is 0 Å². The number of hydrogen-bond donors (Lipinski definition) is 2. The van der Waals surface area contributed by atoms with Crippen molar-refractivity contribution in [3.05, 3.63) is 29.8 Å². The van der Waals surface area contributed by atoms with Crippen molar-refractivity contribution in [3.8, 4) is 0 Å². The first-order valence-corrected chi connectivity index (χ1v) is 6.97. The van der Waals surface area contributed by atoms with Crippen LogP contribution in [-0.2, 0) is 0 Å². The molecule has 0 aromatic heterocycles. The monoisotopic (exact) mass is 278 g/mol. The molecule has 1 atom stereocenters. The second-order valence-corrected chi connectivity index (χ2v) is 5.23. The average Bonchev–Trinajstić information content (AvgIpc) is 2.48. The molecule has 0 radical (unpaired) electrons. The van der Waals surface area contributed by atoms with Crippen molar-refractivity contribution >= 4 is 11.5 Å². The van der Waals surface area contributed by atoms with Gasteiger partial charge in [-0.25, -0.2) is 0 Å². The standard InChI is InChI=1S/C15H22N2O3/c1-12(19)13-2-4-14(5-3-13)17-8-6-16(7-9-17)10-15(20)11-18/h2-5,15,18,20H,6-11H2,1H3/t15-/m1/s1. The number of piperazine rings is 1. The number of nitrogens with zero attached hydrogens (tertiary/aromatic N) is 2. The SMILES string of the molecule is CC(=O)c1ccc(N2CCN(C[C@@H](O)CO)CC2)cc1. The number of ketones is 1. The number of anilines is 1. The molecule has 1 aliphatic heterocycles. The molecule has 2 N–H and O–H groups in total. The van der Waals surface area contributed by atoms with E-state index in [0.717, 1.165) is 37.4 Å². The molecule has 5 heteroatoms. The highest BCUT2D eigenvalue weighted by Crippen LogP contribution is 2.17. The van der Waals surface area contributed by atoms with Crippen LogP contribution in [0.4, 0.5) is 5.69 Å². The molecule has 1 aromatic rings. The maximum atomic E-state index is 11.2. The molecule has 0 unspecified atom stereocenters. The smallest absolute Gasteiger partial charge is 0.159 e. The summed E-state index contributed by atoms with van der Waals surface area (Å²) in [4.78, 5) is 15.7. The van der Waals surface area contributed by atoms with E-state index in [1.54, 1.807) is 6.92 Å². The van der Waals surface area contributed by atoms with Gasteiger partial charge in [0.05, 0.1) is 12.7 Å². The Morgan fingerprint density at radius 3 is 2.30 bits per heavy atom. The Labute approximate surface area is 119 Å². The van der Waals surface area contributed by atoms with Gasteiger partial charge in [0.1, 0.15) is 0 Å². The van der Waals surface area contributed by atoms with Crippen LogP contribution in [0.1, 0.15) is 17.3 Å². The molecule has 0 saturated carbocycles. The Bertz CT molecular complexity index is 439. The van der Waals surface area contributed by atoms with Gasteiger partial charge in [-0.1, -0.05) is 0 Å². The number of aliphatic hydroxyl groups is 2. The Morgan fingerprint density at radius 2 is 1.80 bits per heavy atom. The molecule has 0 amide bonds. The maximum Gasteiger partial charge on any atom is 0.159 e. The van der Waals surface area contributed by atoms with Gasteiger partial charge in [0.2, 0.25) is 0 Å². The van der Waals surface area contributed by atoms with Crippen molar-refractivity contribution in [1.82, 2.24) is 4.90 Å². The first-order chi connectivity index (χ1) is 9.60. The second kappa shape index (κ2) is 6.83. The lowest BCUT2D eigenvalue weighted by atomic mass is 10.1. The number of benzene rings is 1. The third kappa shape index (κ3) is 3.79. The number of β-amino-alcohol motifs (C(OH)–C–C–N with tert-alkyl or cyclic N) is 1. The highest BCUT2D eigenvalue weighted by Gasteiger charge is 2.19. The summed E-state index contributed by atoms with van der Waals surface area (Å²) in [5, 5.41) is 18.3. The summed E-state index contributed by atoms with van der Waals surface area (Å²) >= 11 is 0. The lowest BCUT2D eigenvalue weighted by molar-refractivity contribution is 0.0575. The van der Waals surface area contributed by atoms with E-state index in [0.29, 0.717) is 6.54 Å². The number of aliphatic hydroxyl groups excluding tert-OH is 2. The van der Waals surface area contributed by atoms with Crippen LogP contribution in [0.3, 0.4) is 0 Å². The largest absolute Gasteiger partial charge is 0.394 e. The van der Waals surface area contributed by atoms with Gasteiger partial charge < -0.3 is 15.1 Å². The fourth-order valence-electron chi connectivity index (χ4n) is 2.45. The summed E-state index contributed by atoms with van der Waals surface area (Å²) in [6.07, 6.45) is -0.656. The maximum absolute atomic E-state index is 11.2. The van der Waals surface area contributed by atoms with Gasteiger partial charge in [-0.3, -0.25) is 9.69 Å². The average molecular weight is 278 g/mol. The Kier molecular flexibility index (Phi) is 5.11. The minimum absolute atomic E-state index is 0.0827. The van der Waals surface area contributed by atoms with Crippen LogP contribution in [0, 0.1) is 0 Å². The lowest BCUT2D eigenvalue weighted by Crippen LogP contribution is -2.49. The molecular weight excluding hydrogens is 256 g/mol. The van der Waals surface area contributed by atoms with E-state index in [1.165, 1.54) is 0 Å². The molecule has 1 fully saturated rings. The van der Waals surface area contributed by atoms with E-state index in [1.807, 2.05) is 24.3 Å². The fraction of sp³-hybridized carbons (Fsp3) is 0.533. The van der Waals surface area contributed by atoms with Gasteiger partial charge in [-0.2, -0.15) is 0 Å². The molecule has 20 heavy (non-hydrogen) atoms. The normalized spacial score (nSPS) is 18.1. The zero-order valence-electron chi connectivity index (χ0n) is 11.8. The lowest BCUT2D eigenvalue weighted by Gasteiger charge is -2.36. The molecular formula is C15H22N2O3. The van der Waals surface area contributed by atoms with Crippen LogP contribution >= 0.6 is 0 Å². The predicted octanol–water partition coefficient (Wildman–Crippen LogP) is 0.364. The van der Waals surface area contributed by atoms with Crippen molar-refractivity contribution in [3.63, 3.8) is 0 Å². The first kappa shape index (κ1) is 15.0. The van der Waals surface area contributed by atoms with Crippen molar-refractivity contribution in [2.45, 2.75) is 13.0 Å². The van der Waals surface area contributed by atoms with Crippen molar-refractivity contribution in [2.75, 3.05) is 44.2 Å². The van der Waals surface area contributed by atoms with Gasteiger partial charge >= 0.3 is 0 Å². The van der Waals surface area contributed by atoms with Crippen LogP contribution < -0.4 is 4.90 Å². The number of rotatable bonds is 5. The quantitative estimate of drug-likeness (QED) is 0.762. The van der Waals surface area contributed by atoms with E-state index in [-0.39, 0.29) is 12.4 Å². The van der Waals surface area contributed by atoms with Gasteiger partial charge in [-0.15, -0.1) is 0 Å². The number of Topliss-reactive ketones (excluding diaryl/α,β-unsaturated/α-hetero) is 1. The number of carbonyl (C=O) groups excluding carboxylic acids is 1. The van der Waals surface area contributed by atoms with Gasteiger partial charge in [0.25, 0.3) is 0 Å². The minimum atomic E-state index is -0.656. The number of hydrogen-bond acceptors (Lipinski definition) is 5. The summed E-state index contributed by atoms with van der Waals surface area (Å²) in [5.41, 5.74) is 1.86. The van der Waals surface area contributed by atoms with E-state index in [2.05, 4.69) is 9.80 Å². The Balaban J connectivity index is 1.88. The summed E-state index contributed by atoms with van der Waals surface area (Å²) < 4.78 is 0. The topological polar surface area (TPSA) is 64.0 Å². The molecule has 0 spiro atoms. The zero-order valence-corrected chi connectivity index (χ0v) is 11.8. The van der Waals surface area contributed by atoms with Gasteiger partial charge in [0, 0.05) is 44.0 Å². The van der Waals surface area contributed by atoms with Gasteiger partial charge in [0.15, 0.2) is 5.78 Å². The molecule has 5 nitrogen and oxygen atoms in total. The molecule has 1 aliphatic rings. The first-order valence-electron chi connectivity index (χ1n) is 6.97. The second-order valence-electron chi connectivity index (χ2n) is 5.23. The molecule has 1 aromatic carbocycles. The van der Waals surface area contributed by atoms with Crippen LogP contribution in [-0.4, -0.2) is 66.3 Å². The Morgan fingerprint density at radius 1 is 1.20 bits per heavy atom. The van der Waals surface area contributed by atoms with Crippen molar-refractivity contribution < 1.29 is 15.0 Å². The van der Waals surface area contributed by atoms with Gasteiger partial charge in [-0.05, 0) is 31.2 Å². The number of carbonyl (C=O) groups is 1. The molecule has 2 rings (SSSR count). The highest BCUT2D eigenvalue weighted by molar-refractivity contribution is 5.94. The van der Waals surface area contributed by atoms with E-state index in [9.17, 15) is 9.90 Å². The van der Waals surface area contributed by atoms with Crippen LogP contribution in [0.25, 0.3) is 0 Å². The Hall–Kier alpha value is -1.43. The van der Waals surface area contributed by atoms with Crippen LogP contribution in [0.5, 0.6) is 0 Å². The third-order valence-electron chi connectivity index (χ3n) is 3.69. The summed E-state index contributed by atoms with van der Waals surface area (Å²) in [7, 11) is 0. The molecule has 0 aliphatic carbocycles. The van der Waals surface area contributed by atoms with Crippen LogP contribution in [0.15, 0.2) is 24.3 Å².